The molecule has 2 N–H and O–H groups in total. The van der Waals surface area contributed by atoms with Gasteiger partial charge in [-0.3, -0.25) is 4.90 Å². The summed E-state index contributed by atoms with van der Waals surface area (Å²) < 4.78 is 5.45. The van der Waals surface area contributed by atoms with Crippen LogP contribution in [0.25, 0.3) is 0 Å². The molecule has 1 aromatic heterocycles. The summed E-state index contributed by atoms with van der Waals surface area (Å²) in [6.45, 7) is 8.07. The molecule has 1 rings (SSSR count). The van der Waals surface area contributed by atoms with E-state index >= 15 is 0 Å². The Morgan fingerprint density at radius 1 is 1.40 bits per heavy atom. The van der Waals surface area contributed by atoms with Gasteiger partial charge in [-0.15, -0.1) is 0 Å². The van der Waals surface area contributed by atoms with Gasteiger partial charge in [-0.05, 0) is 25.6 Å². The minimum absolute atomic E-state index is 0.560. The van der Waals surface area contributed by atoms with Crippen LogP contribution in [0.5, 0.6) is 0 Å². The Balaban J connectivity index is 2.43. The fourth-order valence-corrected chi connectivity index (χ4v) is 1.57. The second-order valence-electron chi connectivity index (χ2n) is 3.85. The summed E-state index contributed by atoms with van der Waals surface area (Å²) in [6.07, 6.45) is 4.24. The Morgan fingerprint density at radius 3 is 2.73 bits per heavy atom. The molecule has 0 spiro atoms. The van der Waals surface area contributed by atoms with E-state index < -0.39 is 0 Å². The van der Waals surface area contributed by atoms with Crippen molar-refractivity contribution >= 4 is 0 Å². The van der Waals surface area contributed by atoms with Gasteiger partial charge in [-0.2, -0.15) is 0 Å². The molecule has 3 nitrogen and oxygen atoms in total. The molecule has 0 aromatic carbocycles. The van der Waals surface area contributed by atoms with Gasteiger partial charge < -0.3 is 10.2 Å². The van der Waals surface area contributed by atoms with E-state index in [2.05, 4.69) is 24.8 Å². The monoisotopic (exact) mass is 210 g/mol. The summed E-state index contributed by atoms with van der Waals surface area (Å²) in [4.78, 5) is 2.39. The smallest absolute Gasteiger partial charge is 0.118 e. The van der Waals surface area contributed by atoms with Crippen LogP contribution in [-0.2, 0) is 13.1 Å². The highest BCUT2D eigenvalue weighted by molar-refractivity contribution is 5.12. The summed E-state index contributed by atoms with van der Waals surface area (Å²) in [7, 11) is 0. The van der Waals surface area contributed by atoms with Crippen LogP contribution in [0.3, 0.4) is 0 Å². The number of nitrogens with two attached hydrogens (primary N) is 1. The van der Waals surface area contributed by atoms with Gasteiger partial charge >= 0.3 is 0 Å². The normalized spacial score (nSPS) is 11.2. The summed E-state index contributed by atoms with van der Waals surface area (Å²) in [5.41, 5.74) is 6.61. The number of unbranched alkanes of at least 4 members (excludes halogenated alkanes) is 1. The first kappa shape index (κ1) is 12.3. The topological polar surface area (TPSA) is 42.4 Å². The van der Waals surface area contributed by atoms with Crippen LogP contribution in [0.1, 0.15) is 38.0 Å². The Labute approximate surface area is 92.2 Å². The number of nitrogens with zero attached hydrogens (tertiary/aromatic N) is 1. The molecule has 0 unspecified atom stereocenters. The molecule has 0 saturated heterocycles. The van der Waals surface area contributed by atoms with Gasteiger partial charge in [0, 0.05) is 12.1 Å². The van der Waals surface area contributed by atoms with Crippen molar-refractivity contribution in [3.8, 4) is 0 Å². The van der Waals surface area contributed by atoms with Gasteiger partial charge in [0.05, 0.1) is 12.8 Å². The molecule has 0 radical (unpaired) electrons. The van der Waals surface area contributed by atoms with Crippen LogP contribution in [0, 0.1) is 0 Å². The van der Waals surface area contributed by atoms with Gasteiger partial charge in [0.1, 0.15) is 5.76 Å². The van der Waals surface area contributed by atoms with Crippen LogP contribution in [0.4, 0.5) is 0 Å². The molecule has 0 bridgehead atoms. The maximum atomic E-state index is 5.53. The van der Waals surface area contributed by atoms with Crippen LogP contribution < -0.4 is 5.73 Å². The van der Waals surface area contributed by atoms with Crippen LogP contribution in [-0.4, -0.2) is 18.0 Å². The third-order valence-corrected chi connectivity index (χ3v) is 2.60. The predicted octanol–water partition coefficient (Wildman–Crippen LogP) is 2.36. The van der Waals surface area contributed by atoms with Crippen LogP contribution in [0.2, 0.25) is 0 Å². The lowest BCUT2D eigenvalue weighted by atomic mass is 10.2. The number of rotatable bonds is 7. The lowest BCUT2D eigenvalue weighted by Gasteiger charge is -2.18. The summed E-state index contributed by atoms with van der Waals surface area (Å²) in [5, 5.41) is 0. The standard InChI is InChI=1S/C12H22N2O/c1-3-5-6-14(4-2)9-12-7-11(8-13)10-15-12/h7,10H,3-6,8-9,13H2,1-2H3. The van der Waals surface area contributed by atoms with Crippen molar-refractivity contribution in [2.45, 2.75) is 39.8 Å². The quantitative estimate of drug-likeness (QED) is 0.751. The molecule has 0 saturated carbocycles. The van der Waals surface area contributed by atoms with E-state index in [1.54, 1.807) is 6.26 Å². The number of hydrogen-bond donors (Lipinski definition) is 1. The first-order valence-corrected chi connectivity index (χ1v) is 5.78. The Bertz CT molecular complexity index is 270. The van der Waals surface area contributed by atoms with Crippen molar-refractivity contribution in [3.05, 3.63) is 23.7 Å². The Hall–Kier alpha value is -0.800. The molecular formula is C12H22N2O. The zero-order valence-electron chi connectivity index (χ0n) is 9.83. The minimum atomic E-state index is 0.560. The summed E-state index contributed by atoms with van der Waals surface area (Å²) in [6, 6.07) is 2.05. The molecular weight excluding hydrogens is 188 g/mol. The molecule has 0 aliphatic rings. The van der Waals surface area contributed by atoms with Crippen molar-refractivity contribution in [1.29, 1.82) is 0 Å². The third-order valence-electron chi connectivity index (χ3n) is 2.60. The van der Waals surface area contributed by atoms with Gasteiger partial charge in [-0.25, -0.2) is 0 Å². The SMILES string of the molecule is CCCCN(CC)Cc1cc(CN)co1. The van der Waals surface area contributed by atoms with Crippen LogP contribution >= 0.6 is 0 Å². The molecule has 0 amide bonds. The van der Waals surface area contributed by atoms with Crippen molar-refractivity contribution in [3.63, 3.8) is 0 Å². The second kappa shape index (κ2) is 6.64. The van der Waals surface area contributed by atoms with E-state index in [0.717, 1.165) is 31.0 Å². The Morgan fingerprint density at radius 2 is 2.20 bits per heavy atom. The molecule has 86 valence electrons. The van der Waals surface area contributed by atoms with E-state index in [1.807, 2.05) is 0 Å². The van der Waals surface area contributed by atoms with Crippen molar-refractivity contribution < 1.29 is 4.42 Å². The minimum Gasteiger partial charge on any atom is -0.468 e. The molecule has 0 aliphatic carbocycles. The van der Waals surface area contributed by atoms with Gasteiger partial charge in [-0.1, -0.05) is 20.3 Å². The van der Waals surface area contributed by atoms with Gasteiger partial charge in [0.2, 0.25) is 0 Å². The molecule has 1 heterocycles. The average molecular weight is 210 g/mol. The fraction of sp³-hybridized carbons (Fsp3) is 0.667. The van der Waals surface area contributed by atoms with Gasteiger partial charge in [0.25, 0.3) is 0 Å². The second-order valence-corrected chi connectivity index (χ2v) is 3.85. The molecule has 15 heavy (non-hydrogen) atoms. The predicted molar refractivity (Wildman–Crippen MR) is 62.5 cm³/mol. The molecule has 3 heteroatoms. The van der Waals surface area contributed by atoms with Crippen LogP contribution in [0.15, 0.2) is 16.7 Å². The summed E-state index contributed by atoms with van der Waals surface area (Å²) in [5.74, 6) is 1.02. The molecule has 0 fully saturated rings. The van der Waals surface area contributed by atoms with Gasteiger partial charge in [0.15, 0.2) is 0 Å². The maximum absolute atomic E-state index is 5.53. The van der Waals surface area contributed by atoms with Crippen molar-refractivity contribution in [1.82, 2.24) is 4.90 Å². The lowest BCUT2D eigenvalue weighted by molar-refractivity contribution is 0.252. The lowest BCUT2D eigenvalue weighted by Crippen LogP contribution is -2.23. The van der Waals surface area contributed by atoms with E-state index in [1.165, 1.54) is 12.8 Å². The summed E-state index contributed by atoms with van der Waals surface area (Å²) >= 11 is 0. The highest BCUT2D eigenvalue weighted by Crippen LogP contribution is 2.10. The van der Waals surface area contributed by atoms with Crippen molar-refractivity contribution in [2.75, 3.05) is 13.1 Å². The average Bonchev–Trinajstić information content (AvgIpc) is 2.71. The molecule has 0 aliphatic heterocycles. The van der Waals surface area contributed by atoms with E-state index in [9.17, 15) is 0 Å². The molecule has 0 atom stereocenters. The molecule has 1 aromatic rings. The van der Waals surface area contributed by atoms with E-state index in [-0.39, 0.29) is 0 Å². The zero-order valence-corrected chi connectivity index (χ0v) is 9.83. The first-order valence-electron chi connectivity index (χ1n) is 5.78. The van der Waals surface area contributed by atoms with Crippen molar-refractivity contribution in [2.24, 2.45) is 5.73 Å². The largest absolute Gasteiger partial charge is 0.468 e. The third kappa shape index (κ3) is 4.06. The van der Waals surface area contributed by atoms with E-state index in [4.69, 9.17) is 10.2 Å². The fourth-order valence-electron chi connectivity index (χ4n) is 1.57. The Kier molecular flexibility index (Phi) is 5.43. The first-order chi connectivity index (χ1) is 7.30. The number of furan rings is 1. The zero-order chi connectivity index (χ0) is 11.1. The highest BCUT2D eigenvalue weighted by atomic mass is 16.3. The van der Waals surface area contributed by atoms with E-state index in [0.29, 0.717) is 6.54 Å². The number of hydrogen-bond acceptors (Lipinski definition) is 3. The maximum Gasteiger partial charge on any atom is 0.118 e. The highest BCUT2D eigenvalue weighted by Gasteiger charge is 2.06.